The average Bonchev–Trinajstić information content (AvgIpc) is 2.79. The molecule has 0 atom stereocenters. The zero-order valence-corrected chi connectivity index (χ0v) is 9.52. The van der Waals surface area contributed by atoms with Crippen molar-refractivity contribution in [3.8, 4) is 0 Å². The van der Waals surface area contributed by atoms with Gasteiger partial charge in [0.1, 0.15) is 0 Å². The zero-order chi connectivity index (χ0) is 13.7. The normalized spacial score (nSPS) is 11.4. The van der Waals surface area contributed by atoms with Gasteiger partial charge < -0.3 is 8.83 Å². The minimum Gasteiger partial charge on any atom is -0.386 e. The molecule has 0 spiro atoms. The van der Waals surface area contributed by atoms with Crippen LogP contribution in [0.25, 0.3) is 21.5 Å². The van der Waals surface area contributed by atoms with Crippen LogP contribution in [-0.4, -0.2) is 0 Å². The number of hydrogen-bond donors (Lipinski definition) is 0. The second kappa shape index (κ2) is 3.61. The molecule has 0 bridgehead atoms. The third-order valence-corrected chi connectivity index (χ3v) is 3.00. The third-order valence-electron chi connectivity index (χ3n) is 3.00. The van der Waals surface area contributed by atoms with Crippen LogP contribution in [0.2, 0.25) is 0 Å². The number of rotatable bonds is 2. The molecule has 0 saturated heterocycles. The minimum atomic E-state index is -0.833. The highest BCUT2D eigenvalue weighted by molar-refractivity contribution is 6.01. The fraction of sp³-hybridized carbons (Fsp3) is 0.0769. The van der Waals surface area contributed by atoms with E-state index in [1.807, 2.05) is 0 Å². The lowest BCUT2D eigenvalue weighted by Crippen LogP contribution is -2.01. The van der Waals surface area contributed by atoms with E-state index in [0.717, 1.165) is 6.07 Å². The lowest BCUT2D eigenvalue weighted by Gasteiger charge is -1.98. The van der Waals surface area contributed by atoms with Crippen molar-refractivity contribution in [1.29, 1.82) is 0 Å². The Morgan fingerprint density at radius 3 is 1.79 bits per heavy atom. The molecule has 0 aliphatic heterocycles. The van der Waals surface area contributed by atoms with Crippen LogP contribution < -0.4 is 22.5 Å². The van der Waals surface area contributed by atoms with Crippen molar-refractivity contribution in [2.75, 3.05) is 0 Å². The minimum absolute atomic E-state index is 0.00954. The first kappa shape index (κ1) is 11.3. The van der Waals surface area contributed by atoms with Gasteiger partial charge in [-0.15, -0.1) is 6.58 Å². The van der Waals surface area contributed by atoms with Crippen molar-refractivity contribution < 1.29 is 8.83 Å². The summed E-state index contributed by atoms with van der Waals surface area (Å²) in [5.74, 6) is 0. The maximum Gasteiger partial charge on any atom is 0.347 e. The molecule has 0 amide bonds. The molecule has 0 saturated carbocycles. The second-order valence-electron chi connectivity index (χ2n) is 4.05. The van der Waals surface area contributed by atoms with Gasteiger partial charge in [-0.05, 0) is 18.1 Å². The summed E-state index contributed by atoms with van der Waals surface area (Å²) in [7, 11) is 0. The van der Waals surface area contributed by atoms with Crippen LogP contribution in [-0.2, 0) is 6.42 Å². The van der Waals surface area contributed by atoms with Gasteiger partial charge in [0.15, 0.2) is 0 Å². The van der Waals surface area contributed by atoms with E-state index in [9.17, 15) is 19.2 Å². The van der Waals surface area contributed by atoms with E-state index < -0.39 is 22.5 Å². The number of benzene rings is 1. The molecule has 3 aromatic rings. The molecular formula is C13H6O6. The van der Waals surface area contributed by atoms with Crippen molar-refractivity contribution in [1.82, 2.24) is 0 Å². The Morgan fingerprint density at radius 2 is 1.37 bits per heavy atom. The van der Waals surface area contributed by atoms with Crippen molar-refractivity contribution >= 4 is 21.5 Å². The van der Waals surface area contributed by atoms with Gasteiger partial charge in [0.05, 0.1) is 21.5 Å². The summed E-state index contributed by atoms with van der Waals surface area (Å²) < 4.78 is 8.98. The molecule has 2 aromatic heterocycles. The Kier molecular flexibility index (Phi) is 2.16. The Bertz CT molecular complexity index is 947. The highest BCUT2D eigenvalue weighted by Gasteiger charge is 2.21. The smallest absolute Gasteiger partial charge is 0.347 e. The van der Waals surface area contributed by atoms with Crippen LogP contribution in [0.3, 0.4) is 0 Å². The van der Waals surface area contributed by atoms with Gasteiger partial charge >= 0.3 is 22.5 Å². The van der Waals surface area contributed by atoms with E-state index in [1.165, 1.54) is 6.08 Å². The summed E-state index contributed by atoms with van der Waals surface area (Å²) in [5, 5.41) is -0.0231. The first-order valence-corrected chi connectivity index (χ1v) is 5.38. The summed E-state index contributed by atoms with van der Waals surface area (Å²) in [4.78, 5) is 46.3. The standard InChI is InChI=1S/C13H6O6/c1-2-3-5-8-6(10(14)18-12(8)16)4-7-9(5)13(17)19-11(7)15/h2,4H,1,3H2. The van der Waals surface area contributed by atoms with Gasteiger partial charge in [0, 0.05) is 0 Å². The summed E-state index contributed by atoms with van der Waals surface area (Å²) in [5.41, 5.74) is -3.08. The monoisotopic (exact) mass is 258 g/mol. The van der Waals surface area contributed by atoms with E-state index in [-0.39, 0.29) is 33.5 Å². The summed E-state index contributed by atoms with van der Waals surface area (Å²) in [6, 6.07) is 1.16. The lowest BCUT2D eigenvalue weighted by atomic mass is 10.00. The van der Waals surface area contributed by atoms with E-state index in [1.54, 1.807) is 0 Å². The fourth-order valence-corrected chi connectivity index (χ4v) is 2.26. The quantitative estimate of drug-likeness (QED) is 0.610. The van der Waals surface area contributed by atoms with E-state index in [2.05, 4.69) is 15.4 Å². The van der Waals surface area contributed by atoms with Crippen LogP contribution in [0.15, 0.2) is 46.7 Å². The summed E-state index contributed by atoms with van der Waals surface area (Å²) >= 11 is 0. The summed E-state index contributed by atoms with van der Waals surface area (Å²) in [6.45, 7) is 3.52. The van der Waals surface area contributed by atoms with Gasteiger partial charge in [-0.1, -0.05) is 6.08 Å². The maximum atomic E-state index is 11.6. The van der Waals surface area contributed by atoms with Gasteiger partial charge in [-0.2, -0.15) is 0 Å². The molecule has 6 heteroatoms. The molecule has 0 aliphatic rings. The van der Waals surface area contributed by atoms with Crippen molar-refractivity contribution in [2.24, 2.45) is 0 Å². The van der Waals surface area contributed by atoms with Gasteiger partial charge in [-0.25, -0.2) is 19.2 Å². The first-order valence-electron chi connectivity index (χ1n) is 5.38. The molecule has 0 radical (unpaired) electrons. The third kappa shape index (κ3) is 1.36. The van der Waals surface area contributed by atoms with Crippen LogP contribution >= 0.6 is 0 Å². The largest absolute Gasteiger partial charge is 0.386 e. The lowest BCUT2D eigenvalue weighted by molar-refractivity contribution is 0.498. The molecular weight excluding hydrogens is 252 g/mol. The van der Waals surface area contributed by atoms with Crippen molar-refractivity contribution in [3.63, 3.8) is 0 Å². The zero-order valence-electron chi connectivity index (χ0n) is 9.52. The molecule has 6 nitrogen and oxygen atoms in total. The SMILES string of the molecule is C=CCc1c2c(=O)oc(=O)c2cc2c(=O)oc(=O)c12. The topological polar surface area (TPSA) is 94.6 Å². The average molecular weight is 258 g/mol. The van der Waals surface area contributed by atoms with Crippen LogP contribution in [0, 0.1) is 0 Å². The highest BCUT2D eigenvalue weighted by Crippen LogP contribution is 2.22. The van der Waals surface area contributed by atoms with Gasteiger partial charge in [0.2, 0.25) is 0 Å². The van der Waals surface area contributed by atoms with Crippen molar-refractivity contribution in [3.05, 3.63) is 66.0 Å². The molecule has 0 fully saturated rings. The molecule has 1 aromatic carbocycles. The number of fused-ring (bicyclic) bond motifs is 2. The van der Waals surface area contributed by atoms with E-state index in [4.69, 9.17) is 0 Å². The predicted molar refractivity (Wildman–Crippen MR) is 67.3 cm³/mol. The number of furan rings is 2. The van der Waals surface area contributed by atoms with Crippen LogP contribution in [0.4, 0.5) is 0 Å². The van der Waals surface area contributed by atoms with Crippen LogP contribution in [0.1, 0.15) is 5.56 Å². The first-order chi connectivity index (χ1) is 9.04. The molecule has 0 N–H and O–H groups in total. The molecule has 0 aliphatic carbocycles. The predicted octanol–water partition coefficient (Wildman–Crippen LogP) is 0.224. The van der Waals surface area contributed by atoms with E-state index in [0.29, 0.717) is 0 Å². The van der Waals surface area contributed by atoms with Gasteiger partial charge in [0.25, 0.3) is 0 Å². The molecule has 19 heavy (non-hydrogen) atoms. The Hall–Kier alpha value is -2.76. The number of allylic oxidation sites excluding steroid dienone is 1. The Labute approximate surface area is 103 Å². The fourth-order valence-electron chi connectivity index (χ4n) is 2.26. The Morgan fingerprint density at radius 1 is 0.895 bits per heavy atom. The van der Waals surface area contributed by atoms with Crippen molar-refractivity contribution in [2.45, 2.75) is 6.42 Å². The number of hydrogen-bond acceptors (Lipinski definition) is 6. The van der Waals surface area contributed by atoms with E-state index >= 15 is 0 Å². The second-order valence-corrected chi connectivity index (χ2v) is 4.05. The van der Waals surface area contributed by atoms with Gasteiger partial charge in [-0.3, -0.25) is 0 Å². The molecule has 2 heterocycles. The maximum absolute atomic E-state index is 11.6. The summed E-state index contributed by atoms with van der Waals surface area (Å²) in [6.07, 6.45) is 1.61. The molecule has 94 valence electrons. The van der Waals surface area contributed by atoms with Crippen LogP contribution in [0.5, 0.6) is 0 Å². The highest BCUT2D eigenvalue weighted by atomic mass is 16.4. The molecule has 3 rings (SSSR count). The Balaban J connectivity index is 2.78. The molecule has 0 unspecified atom stereocenters.